The summed E-state index contributed by atoms with van der Waals surface area (Å²) in [5, 5.41) is 1.78. The van der Waals surface area contributed by atoms with Crippen molar-refractivity contribution in [1.29, 1.82) is 0 Å². The molecule has 55 heavy (non-hydrogen) atoms. The van der Waals surface area contributed by atoms with Crippen LogP contribution in [0.3, 0.4) is 0 Å². The maximum atomic E-state index is 8.56. The molecular weight excluding hydrogens is 671 g/mol. The van der Waals surface area contributed by atoms with E-state index in [1.807, 2.05) is 115 Å². The number of nitrogens with zero attached hydrogens (tertiary/aromatic N) is 3. The van der Waals surface area contributed by atoms with Gasteiger partial charge in [-0.1, -0.05) is 176 Å². The first-order valence-electron chi connectivity index (χ1n) is 20.5. The van der Waals surface area contributed by atoms with E-state index in [1.54, 1.807) is 6.07 Å². The van der Waals surface area contributed by atoms with Crippen LogP contribution in [-0.4, -0.2) is 15.0 Å². The Morgan fingerprint density at radius 1 is 0.345 bits per heavy atom. The Morgan fingerprint density at radius 3 is 1.45 bits per heavy atom. The number of furan rings is 1. The number of fused-ring (bicyclic) bond motifs is 3. The van der Waals surface area contributed by atoms with Crippen LogP contribution in [0.1, 0.15) is 6.85 Å². The Kier molecular flexibility index (Phi) is 6.85. The molecule has 2 heterocycles. The molecule has 0 aliphatic rings. The highest BCUT2D eigenvalue weighted by Gasteiger charge is 2.17. The van der Waals surface area contributed by atoms with Gasteiger partial charge < -0.3 is 4.42 Å². The summed E-state index contributed by atoms with van der Waals surface area (Å²) < 4.78 is 48.1. The van der Waals surface area contributed by atoms with Gasteiger partial charge in [-0.15, -0.1) is 0 Å². The van der Waals surface area contributed by atoms with E-state index >= 15 is 0 Å². The van der Waals surface area contributed by atoms with Gasteiger partial charge in [0, 0.05) is 27.5 Å². The van der Waals surface area contributed by atoms with E-state index in [9.17, 15) is 0 Å². The van der Waals surface area contributed by atoms with Crippen LogP contribution < -0.4 is 0 Å². The molecule has 0 aliphatic heterocycles. The SMILES string of the molecule is [2H]c1c([2H])c([2H])c(-c2cccc(-c3cccc4oc5cc(-c6nc(-c7ccc(-c8ccccc8)cc7)nc(-c7ccc(-c8ccccc8)cc7)n6)ccc5c34)c2)c([2H])c1[2H]. The summed E-state index contributed by atoms with van der Waals surface area (Å²) in [6.45, 7) is 0. The van der Waals surface area contributed by atoms with Gasteiger partial charge in [0.15, 0.2) is 17.5 Å². The van der Waals surface area contributed by atoms with Crippen molar-refractivity contribution in [2.45, 2.75) is 0 Å². The molecule has 10 aromatic rings. The zero-order valence-electron chi connectivity index (χ0n) is 34.4. The molecule has 0 unspecified atom stereocenters. The molecule has 4 heteroatoms. The highest BCUT2D eigenvalue weighted by atomic mass is 16.3. The molecule has 0 bridgehead atoms. The molecule has 258 valence electrons. The first kappa shape index (κ1) is 27.2. The van der Waals surface area contributed by atoms with E-state index in [0.717, 1.165) is 60.8 Å². The van der Waals surface area contributed by atoms with Crippen molar-refractivity contribution in [2.75, 3.05) is 0 Å². The van der Waals surface area contributed by atoms with Crippen LogP contribution in [0.4, 0.5) is 0 Å². The quantitative estimate of drug-likeness (QED) is 0.165. The normalized spacial score (nSPS) is 12.5. The minimum Gasteiger partial charge on any atom is -0.456 e. The summed E-state index contributed by atoms with van der Waals surface area (Å²) in [6.07, 6.45) is 0. The van der Waals surface area contributed by atoms with Gasteiger partial charge in [0.05, 0.1) is 6.85 Å². The molecule has 0 aliphatic carbocycles. The molecule has 0 N–H and O–H groups in total. The molecule has 0 atom stereocenters. The van der Waals surface area contributed by atoms with Crippen molar-refractivity contribution >= 4 is 21.9 Å². The maximum Gasteiger partial charge on any atom is 0.164 e. The van der Waals surface area contributed by atoms with Crippen molar-refractivity contribution in [3.63, 3.8) is 0 Å². The van der Waals surface area contributed by atoms with Gasteiger partial charge in [-0.3, -0.25) is 0 Å². The molecule has 0 radical (unpaired) electrons. The highest BCUT2D eigenvalue weighted by molar-refractivity contribution is 6.13. The molecule has 10 rings (SSSR count). The van der Waals surface area contributed by atoms with Crippen LogP contribution in [0.25, 0.3) is 101 Å². The Hall–Kier alpha value is -7.43. The summed E-state index contributed by atoms with van der Waals surface area (Å²) in [5.41, 5.74) is 10.7. The zero-order valence-corrected chi connectivity index (χ0v) is 29.4. The Bertz CT molecular complexity index is 3110. The third kappa shape index (κ3) is 6.26. The molecule has 0 saturated carbocycles. The highest BCUT2D eigenvalue weighted by Crippen LogP contribution is 2.39. The molecule has 0 saturated heterocycles. The summed E-state index contributed by atoms with van der Waals surface area (Å²) in [6, 6.07) is 54.6. The summed E-state index contributed by atoms with van der Waals surface area (Å²) in [7, 11) is 0. The second-order valence-electron chi connectivity index (χ2n) is 13.3. The lowest BCUT2D eigenvalue weighted by molar-refractivity contribution is 0.669. The lowest BCUT2D eigenvalue weighted by atomic mass is 9.96. The van der Waals surface area contributed by atoms with E-state index in [2.05, 4.69) is 48.5 Å². The zero-order chi connectivity index (χ0) is 40.9. The summed E-state index contributed by atoms with van der Waals surface area (Å²) >= 11 is 0. The average molecular weight is 709 g/mol. The predicted octanol–water partition coefficient (Wildman–Crippen LogP) is 13.4. The fourth-order valence-corrected chi connectivity index (χ4v) is 7.09. The summed E-state index contributed by atoms with van der Waals surface area (Å²) in [4.78, 5) is 15.1. The van der Waals surface area contributed by atoms with E-state index in [-0.39, 0.29) is 29.7 Å². The number of rotatable bonds is 7. The lowest BCUT2D eigenvalue weighted by Gasteiger charge is -2.10. The fraction of sp³-hybridized carbons (Fsp3) is 0. The minimum atomic E-state index is -0.418. The van der Waals surface area contributed by atoms with Gasteiger partial charge in [-0.25, -0.2) is 15.0 Å². The van der Waals surface area contributed by atoms with E-state index in [4.69, 9.17) is 26.2 Å². The molecule has 8 aromatic carbocycles. The van der Waals surface area contributed by atoms with Crippen LogP contribution in [-0.2, 0) is 0 Å². The second kappa shape index (κ2) is 13.8. The lowest BCUT2D eigenvalue weighted by Crippen LogP contribution is -2.00. The first-order chi connectivity index (χ1) is 29.3. The molecule has 0 spiro atoms. The predicted molar refractivity (Wildman–Crippen MR) is 225 cm³/mol. The van der Waals surface area contributed by atoms with Gasteiger partial charge in [-0.05, 0) is 68.8 Å². The number of aromatic nitrogens is 3. The van der Waals surface area contributed by atoms with Crippen LogP contribution in [0.15, 0.2) is 204 Å². The van der Waals surface area contributed by atoms with Crippen molar-refractivity contribution in [1.82, 2.24) is 15.0 Å². The smallest absolute Gasteiger partial charge is 0.164 e. The topological polar surface area (TPSA) is 51.8 Å². The van der Waals surface area contributed by atoms with E-state index < -0.39 is 6.04 Å². The van der Waals surface area contributed by atoms with Crippen molar-refractivity contribution in [3.05, 3.63) is 200 Å². The minimum absolute atomic E-state index is 0.159. The molecule has 0 amide bonds. The van der Waals surface area contributed by atoms with E-state index in [1.165, 1.54) is 0 Å². The second-order valence-corrected chi connectivity index (χ2v) is 13.3. The van der Waals surface area contributed by atoms with Crippen molar-refractivity contribution in [2.24, 2.45) is 0 Å². The van der Waals surface area contributed by atoms with Crippen LogP contribution in [0.2, 0.25) is 0 Å². The third-order valence-electron chi connectivity index (χ3n) is 9.85. The number of benzene rings is 8. The third-order valence-corrected chi connectivity index (χ3v) is 9.85. The first-order valence-corrected chi connectivity index (χ1v) is 18.0. The monoisotopic (exact) mass is 708 g/mol. The van der Waals surface area contributed by atoms with E-state index in [0.29, 0.717) is 34.2 Å². The number of hydrogen-bond donors (Lipinski definition) is 0. The van der Waals surface area contributed by atoms with Gasteiger partial charge in [0.2, 0.25) is 0 Å². The Morgan fingerprint density at radius 2 is 0.836 bits per heavy atom. The molecule has 0 fully saturated rings. The Balaban J connectivity index is 1.07. The number of hydrogen-bond acceptors (Lipinski definition) is 4. The standard InChI is InChI=1S/C51H33N3O/c1-4-12-34(13-5-1)37-22-26-39(27-23-37)49-52-50(40-28-24-38(25-29-40)35-14-6-2-7-15-35)54-51(53-49)43-30-31-45-47(33-43)55-46-21-11-20-44(48(45)46)42-19-10-18-41(32-42)36-16-8-3-9-17-36/h1-33H/i3D,8D,9D,16D,17D. The average Bonchev–Trinajstić information content (AvgIpc) is 3.69. The van der Waals surface area contributed by atoms with Crippen LogP contribution in [0.5, 0.6) is 0 Å². The molecular formula is C51H33N3O. The Labute approximate surface area is 326 Å². The maximum absolute atomic E-state index is 8.56. The van der Waals surface area contributed by atoms with Gasteiger partial charge in [-0.2, -0.15) is 0 Å². The molecule has 2 aromatic heterocycles. The largest absolute Gasteiger partial charge is 0.456 e. The van der Waals surface area contributed by atoms with Gasteiger partial charge in [0.25, 0.3) is 0 Å². The fourth-order valence-electron chi connectivity index (χ4n) is 7.09. The van der Waals surface area contributed by atoms with Crippen LogP contribution in [0, 0.1) is 0 Å². The van der Waals surface area contributed by atoms with Crippen molar-refractivity contribution in [3.8, 4) is 78.7 Å². The van der Waals surface area contributed by atoms with Crippen LogP contribution >= 0.6 is 0 Å². The van der Waals surface area contributed by atoms with Crippen molar-refractivity contribution < 1.29 is 11.3 Å². The molecule has 4 nitrogen and oxygen atoms in total. The van der Waals surface area contributed by atoms with Gasteiger partial charge in [0.1, 0.15) is 11.2 Å². The van der Waals surface area contributed by atoms with Gasteiger partial charge >= 0.3 is 0 Å². The summed E-state index contributed by atoms with van der Waals surface area (Å²) in [5.74, 6) is 1.60.